The van der Waals surface area contributed by atoms with Gasteiger partial charge in [-0.2, -0.15) is 0 Å². The molecule has 0 spiro atoms. The SMILES string of the molecule is CCc1cc(F)ccc1O[C@@H](C)CNC(=O)OC(C)(C)C. The van der Waals surface area contributed by atoms with Crippen molar-refractivity contribution in [3.63, 3.8) is 0 Å². The van der Waals surface area contributed by atoms with Gasteiger partial charge in [0.1, 0.15) is 23.3 Å². The molecular weight excluding hydrogens is 273 g/mol. The van der Waals surface area contributed by atoms with Crippen molar-refractivity contribution in [2.24, 2.45) is 0 Å². The van der Waals surface area contributed by atoms with Crippen LogP contribution in [0, 0.1) is 5.82 Å². The minimum Gasteiger partial charge on any atom is -0.489 e. The van der Waals surface area contributed by atoms with Crippen molar-refractivity contribution in [1.29, 1.82) is 0 Å². The summed E-state index contributed by atoms with van der Waals surface area (Å²) >= 11 is 0. The Labute approximate surface area is 125 Å². The predicted molar refractivity (Wildman–Crippen MR) is 80.1 cm³/mol. The summed E-state index contributed by atoms with van der Waals surface area (Å²) in [5.41, 5.74) is 0.277. The Kier molecular flexibility index (Phi) is 6.00. The van der Waals surface area contributed by atoms with Gasteiger partial charge in [0.25, 0.3) is 0 Å². The molecule has 0 aromatic heterocycles. The van der Waals surface area contributed by atoms with Gasteiger partial charge in [-0.1, -0.05) is 6.92 Å². The first kappa shape index (κ1) is 17.3. The molecule has 1 rings (SSSR count). The topological polar surface area (TPSA) is 47.6 Å². The quantitative estimate of drug-likeness (QED) is 0.902. The van der Waals surface area contributed by atoms with Gasteiger partial charge >= 0.3 is 6.09 Å². The van der Waals surface area contributed by atoms with Gasteiger partial charge in [0.2, 0.25) is 0 Å². The summed E-state index contributed by atoms with van der Waals surface area (Å²) in [4.78, 5) is 11.5. The number of aryl methyl sites for hydroxylation is 1. The fourth-order valence-electron chi connectivity index (χ4n) is 1.74. The van der Waals surface area contributed by atoms with Gasteiger partial charge in [-0.25, -0.2) is 9.18 Å². The van der Waals surface area contributed by atoms with E-state index in [2.05, 4.69) is 5.32 Å². The van der Waals surface area contributed by atoms with Crippen molar-refractivity contribution < 1.29 is 18.7 Å². The number of ether oxygens (including phenoxy) is 2. The van der Waals surface area contributed by atoms with E-state index in [9.17, 15) is 9.18 Å². The molecule has 0 saturated heterocycles. The van der Waals surface area contributed by atoms with Crippen LogP contribution in [-0.4, -0.2) is 24.3 Å². The molecule has 1 amide bonds. The van der Waals surface area contributed by atoms with Crippen LogP contribution in [-0.2, 0) is 11.2 Å². The van der Waals surface area contributed by atoms with Crippen LogP contribution in [0.4, 0.5) is 9.18 Å². The number of alkyl carbamates (subject to hydrolysis) is 1. The molecule has 0 heterocycles. The normalized spacial score (nSPS) is 12.7. The second-order valence-corrected chi connectivity index (χ2v) is 5.92. The summed E-state index contributed by atoms with van der Waals surface area (Å²) in [6, 6.07) is 4.43. The predicted octanol–water partition coefficient (Wildman–Crippen LogP) is 3.68. The van der Waals surface area contributed by atoms with Crippen LogP contribution in [0.15, 0.2) is 18.2 Å². The van der Waals surface area contributed by atoms with Crippen molar-refractivity contribution >= 4 is 6.09 Å². The molecule has 0 radical (unpaired) electrons. The largest absolute Gasteiger partial charge is 0.489 e. The van der Waals surface area contributed by atoms with E-state index in [1.807, 2.05) is 13.8 Å². The molecule has 1 atom stereocenters. The fraction of sp³-hybridized carbons (Fsp3) is 0.562. The van der Waals surface area contributed by atoms with Gasteiger partial charge in [-0.15, -0.1) is 0 Å². The van der Waals surface area contributed by atoms with Gasteiger partial charge in [-0.3, -0.25) is 0 Å². The highest BCUT2D eigenvalue weighted by atomic mass is 19.1. The molecule has 0 bridgehead atoms. The summed E-state index contributed by atoms with van der Waals surface area (Å²) in [7, 11) is 0. The first-order valence-electron chi connectivity index (χ1n) is 7.13. The van der Waals surface area contributed by atoms with E-state index in [0.29, 0.717) is 18.7 Å². The third-order valence-corrected chi connectivity index (χ3v) is 2.66. The molecule has 1 aromatic carbocycles. The molecule has 0 saturated carbocycles. The summed E-state index contributed by atoms with van der Waals surface area (Å²) in [5.74, 6) is 0.358. The number of carbonyl (C=O) groups excluding carboxylic acids is 1. The smallest absolute Gasteiger partial charge is 0.407 e. The Hall–Kier alpha value is -1.78. The van der Waals surface area contributed by atoms with Gasteiger partial charge in [0.15, 0.2) is 0 Å². The van der Waals surface area contributed by atoms with E-state index in [0.717, 1.165) is 5.56 Å². The zero-order chi connectivity index (χ0) is 16.0. The number of hydrogen-bond acceptors (Lipinski definition) is 3. The highest BCUT2D eigenvalue weighted by molar-refractivity contribution is 5.67. The average Bonchev–Trinajstić information content (AvgIpc) is 2.36. The highest BCUT2D eigenvalue weighted by Gasteiger charge is 2.17. The van der Waals surface area contributed by atoms with Gasteiger partial charge in [-0.05, 0) is 57.9 Å². The number of benzene rings is 1. The van der Waals surface area contributed by atoms with Crippen LogP contribution in [0.1, 0.15) is 40.2 Å². The standard InChI is InChI=1S/C16H24FNO3/c1-6-12-9-13(17)7-8-14(12)20-11(2)10-18-15(19)21-16(3,4)5/h7-9,11H,6,10H2,1-5H3,(H,18,19)/t11-/m0/s1. The lowest BCUT2D eigenvalue weighted by Crippen LogP contribution is -2.37. The van der Waals surface area contributed by atoms with E-state index in [1.165, 1.54) is 12.1 Å². The molecule has 4 nitrogen and oxygen atoms in total. The van der Waals surface area contributed by atoms with Crippen molar-refractivity contribution in [3.05, 3.63) is 29.6 Å². The monoisotopic (exact) mass is 297 g/mol. The molecule has 21 heavy (non-hydrogen) atoms. The molecule has 0 fully saturated rings. The van der Waals surface area contributed by atoms with Crippen LogP contribution >= 0.6 is 0 Å². The number of rotatable bonds is 5. The van der Waals surface area contributed by atoms with E-state index in [-0.39, 0.29) is 11.9 Å². The molecule has 0 aliphatic rings. The number of halogens is 1. The Bertz CT molecular complexity index is 483. The molecule has 1 aromatic rings. The fourth-order valence-corrected chi connectivity index (χ4v) is 1.74. The lowest BCUT2D eigenvalue weighted by Gasteiger charge is -2.21. The first-order valence-corrected chi connectivity index (χ1v) is 7.13. The van der Waals surface area contributed by atoms with Crippen molar-refractivity contribution in [2.45, 2.75) is 52.7 Å². The van der Waals surface area contributed by atoms with E-state index in [1.54, 1.807) is 26.8 Å². The number of carbonyl (C=O) groups is 1. The Morgan fingerprint density at radius 2 is 2.05 bits per heavy atom. The van der Waals surface area contributed by atoms with E-state index < -0.39 is 11.7 Å². The van der Waals surface area contributed by atoms with Crippen LogP contribution < -0.4 is 10.1 Å². The van der Waals surface area contributed by atoms with Crippen LogP contribution in [0.25, 0.3) is 0 Å². The lowest BCUT2D eigenvalue weighted by molar-refractivity contribution is 0.0505. The summed E-state index contributed by atoms with van der Waals surface area (Å²) < 4.78 is 24.0. The Balaban J connectivity index is 2.51. The van der Waals surface area contributed by atoms with Gasteiger partial charge in [0.05, 0.1) is 6.54 Å². The maximum atomic E-state index is 13.2. The van der Waals surface area contributed by atoms with E-state index in [4.69, 9.17) is 9.47 Å². The second-order valence-electron chi connectivity index (χ2n) is 5.92. The van der Waals surface area contributed by atoms with Crippen LogP contribution in [0.5, 0.6) is 5.75 Å². The van der Waals surface area contributed by atoms with Crippen LogP contribution in [0.3, 0.4) is 0 Å². The maximum Gasteiger partial charge on any atom is 0.407 e. The molecular formula is C16H24FNO3. The Morgan fingerprint density at radius 3 is 2.62 bits per heavy atom. The molecule has 118 valence electrons. The van der Waals surface area contributed by atoms with E-state index >= 15 is 0 Å². The minimum atomic E-state index is -0.527. The zero-order valence-electron chi connectivity index (χ0n) is 13.3. The third-order valence-electron chi connectivity index (χ3n) is 2.66. The second kappa shape index (κ2) is 7.29. The highest BCUT2D eigenvalue weighted by Crippen LogP contribution is 2.21. The molecule has 5 heteroatoms. The maximum absolute atomic E-state index is 13.2. The van der Waals surface area contributed by atoms with Crippen molar-refractivity contribution in [2.75, 3.05) is 6.54 Å². The number of nitrogens with one attached hydrogen (secondary N) is 1. The van der Waals surface area contributed by atoms with Crippen molar-refractivity contribution in [1.82, 2.24) is 5.32 Å². The van der Waals surface area contributed by atoms with Gasteiger partial charge < -0.3 is 14.8 Å². The van der Waals surface area contributed by atoms with Crippen LogP contribution in [0.2, 0.25) is 0 Å². The first-order chi connectivity index (χ1) is 9.71. The molecule has 0 aliphatic heterocycles. The average molecular weight is 297 g/mol. The third kappa shape index (κ3) is 6.47. The van der Waals surface area contributed by atoms with Gasteiger partial charge in [0, 0.05) is 0 Å². The summed E-state index contributed by atoms with van der Waals surface area (Å²) in [6.07, 6.45) is -0.0414. The van der Waals surface area contributed by atoms with Crippen molar-refractivity contribution in [3.8, 4) is 5.75 Å². The summed E-state index contributed by atoms with van der Waals surface area (Å²) in [5, 5.41) is 2.65. The summed E-state index contributed by atoms with van der Waals surface area (Å²) in [6.45, 7) is 9.50. The lowest BCUT2D eigenvalue weighted by atomic mass is 10.1. The minimum absolute atomic E-state index is 0.242. The molecule has 0 unspecified atom stereocenters. The molecule has 1 N–H and O–H groups in total. The number of hydrogen-bond donors (Lipinski definition) is 1. The molecule has 0 aliphatic carbocycles. The Morgan fingerprint density at radius 1 is 1.38 bits per heavy atom. The zero-order valence-corrected chi connectivity index (χ0v) is 13.3. The number of amides is 1.